The van der Waals surface area contributed by atoms with E-state index in [1.54, 1.807) is 0 Å². The van der Waals surface area contributed by atoms with Gasteiger partial charge in [0.2, 0.25) is 0 Å². The Morgan fingerprint density at radius 2 is 1.94 bits per heavy atom. The first-order valence-electron chi connectivity index (χ1n) is 5.60. The topological polar surface area (TPSA) is 24.9 Å². The zero-order chi connectivity index (χ0) is 12.1. The molecule has 2 aromatic rings. The van der Waals surface area contributed by atoms with Gasteiger partial charge in [-0.15, -0.1) is 11.8 Å². The Kier molecular flexibility index (Phi) is 4.04. The molecular weight excluding hydrogens is 228 g/mol. The van der Waals surface area contributed by atoms with Crippen LogP contribution in [0.1, 0.15) is 11.1 Å². The normalized spacial score (nSPS) is 10.2. The fourth-order valence-electron chi connectivity index (χ4n) is 1.50. The molecule has 0 saturated heterocycles. The van der Waals surface area contributed by atoms with Gasteiger partial charge in [0, 0.05) is 23.9 Å². The number of aromatic nitrogens is 1. The molecule has 17 heavy (non-hydrogen) atoms. The summed E-state index contributed by atoms with van der Waals surface area (Å²) in [4.78, 5) is 5.51. The first kappa shape index (κ1) is 12.0. The molecule has 0 saturated carbocycles. The molecule has 0 aliphatic rings. The summed E-state index contributed by atoms with van der Waals surface area (Å²) in [5.74, 6) is 1.90. The summed E-state index contributed by atoms with van der Waals surface area (Å²) in [6, 6.07) is 12.8. The second-order valence-corrected chi connectivity index (χ2v) is 4.95. The van der Waals surface area contributed by atoms with E-state index in [0.717, 1.165) is 11.6 Å². The van der Waals surface area contributed by atoms with E-state index in [-0.39, 0.29) is 0 Å². The summed E-state index contributed by atoms with van der Waals surface area (Å²) in [7, 11) is 1.89. The minimum absolute atomic E-state index is 0.923. The Balaban J connectivity index is 1.99. The molecule has 1 N–H and O–H groups in total. The molecule has 1 heterocycles. The largest absolute Gasteiger partial charge is 0.373 e. The van der Waals surface area contributed by atoms with Crippen LogP contribution in [0.25, 0.3) is 0 Å². The number of thioether (sulfide) groups is 1. The summed E-state index contributed by atoms with van der Waals surface area (Å²) in [5.41, 5.74) is 2.59. The molecule has 88 valence electrons. The van der Waals surface area contributed by atoms with Crippen LogP contribution in [0.4, 0.5) is 5.82 Å². The molecule has 2 nitrogen and oxygen atoms in total. The quantitative estimate of drug-likeness (QED) is 0.830. The fourth-order valence-corrected chi connectivity index (χ4v) is 2.34. The first-order chi connectivity index (χ1) is 8.28. The number of aryl methyl sites for hydroxylation is 1. The zero-order valence-corrected chi connectivity index (χ0v) is 10.9. The molecule has 1 aromatic carbocycles. The van der Waals surface area contributed by atoms with Crippen molar-refractivity contribution >= 4 is 17.6 Å². The minimum atomic E-state index is 0.923. The van der Waals surface area contributed by atoms with E-state index in [4.69, 9.17) is 0 Å². The van der Waals surface area contributed by atoms with Gasteiger partial charge in [0.15, 0.2) is 0 Å². The number of hydrogen-bond donors (Lipinski definition) is 1. The van der Waals surface area contributed by atoms with Gasteiger partial charge in [-0.05, 0) is 36.8 Å². The van der Waals surface area contributed by atoms with Crippen molar-refractivity contribution in [3.63, 3.8) is 0 Å². The maximum absolute atomic E-state index is 4.20. The number of rotatable bonds is 4. The van der Waals surface area contributed by atoms with Crippen LogP contribution in [0.5, 0.6) is 0 Å². The van der Waals surface area contributed by atoms with Crippen molar-refractivity contribution in [1.29, 1.82) is 0 Å². The number of hydrogen-bond acceptors (Lipinski definition) is 3. The van der Waals surface area contributed by atoms with Crippen molar-refractivity contribution in [3.05, 3.63) is 53.7 Å². The SMILES string of the molecule is CNc1cc(CSc2ccc(C)cc2)ccn1. The lowest BCUT2D eigenvalue weighted by Crippen LogP contribution is -1.92. The third kappa shape index (κ3) is 3.49. The van der Waals surface area contributed by atoms with Crippen LogP contribution < -0.4 is 5.32 Å². The Morgan fingerprint density at radius 1 is 1.18 bits per heavy atom. The molecule has 3 heteroatoms. The van der Waals surface area contributed by atoms with Gasteiger partial charge in [0.05, 0.1) is 0 Å². The highest BCUT2D eigenvalue weighted by molar-refractivity contribution is 7.98. The van der Waals surface area contributed by atoms with E-state index >= 15 is 0 Å². The summed E-state index contributed by atoms with van der Waals surface area (Å²) >= 11 is 1.85. The van der Waals surface area contributed by atoms with Crippen molar-refractivity contribution < 1.29 is 0 Å². The smallest absolute Gasteiger partial charge is 0.125 e. The zero-order valence-electron chi connectivity index (χ0n) is 10.1. The first-order valence-corrected chi connectivity index (χ1v) is 6.58. The maximum Gasteiger partial charge on any atom is 0.125 e. The summed E-state index contributed by atoms with van der Waals surface area (Å²) in [6.07, 6.45) is 1.84. The Hall–Kier alpha value is -1.48. The summed E-state index contributed by atoms with van der Waals surface area (Å²) < 4.78 is 0. The highest BCUT2D eigenvalue weighted by atomic mass is 32.2. The maximum atomic E-state index is 4.20. The number of nitrogens with zero attached hydrogens (tertiary/aromatic N) is 1. The van der Waals surface area contributed by atoms with Crippen molar-refractivity contribution in [2.75, 3.05) is 12.4 Å². The third-order valence-corrected chi connectivity index (χ3v) is 3.59. The fraction of sp³-hybridized carbons (Fsp3) is 0.214. The summed E-state index contributed by atoms with van der Waals surface area (Å²) in [5, 5.41) is 3.05. The molecule has 0 unspecified atom stereocenters. The molecule has 0 aliphatic heterocycles. The lowest BCUT2D eigenvalue weighted by molar-refractivity contribution is 1.24. The van der Waals surface area contributed by atoms with Crippen LogP contribution in [0.2, 0.25) is 0 Å². The Labute approximate surface area is 106 Å². The van der Waals surface area contributed by atoms with Crippen LogP contribution in [0, 0.1) is 6.92 Å². The molecule has 0 aliphatic carbocycles. The van der Waals surface area contributed by atoms with E-state index in [0.29, 0.717) is 0 Å². The van der Waals surface area contributed by atoms with E-state index < -0.39 is 0 Å². The second kappa shape index (κ2) is 5.73. The summed E-state index contributed by atoms with van der Waals surface area (Å²) in [6.45, 7) is 2.11. The standard InChI is InChI=1S/C14H16N2S/c1-11-3-5-13(6-4-11)17-10-12-7-8-16-14(9-12)15-2/h3-9H,10H2,1-2H3,(H,15,16). The molecule has 1 aromatic heterocycles. The lowest BCUT2D eigenvalue weighted by Gasteiger charge is -2.04. The lowest BCUT2D eigenvalue weighted by atomic mass is 10.2. The minimum Gasteiger partial charge on any atom is -0.373 e. The molecule has 0 atom stereocenters. The van der Waals surface area contributed by atoms with Crippen LogP contribution >= 0.6 is 11.8 Å². The van der Waals surface area contributed by atoms with Gasteiger partial charge in [-0.25, -0.2) is 4.98 Å². The van der Waals surface area contributed by atoms with Crippen LogP contribution in [-0.2, 0) is 5.75 Å². The van der Waals surface area contributed by atoms with Gasteiger partial charge in [0.25, 0.3) is 0 Å². The molecule has 0 spiro atoms. The monoisotopic (exact) mass is 244 g/mol. The molecule has 0 fully saturated rings. The average Bonchev–Trinajstić information content (AvgIpc) is 2.38. The van der Waals surface area contributed by atoms with Gasteiger partial charge in [-0.3, -0.25) is 0 Å². The number of benzene rings is 1. The van der Waals surface area contributed by atoms with E-state index in [1.807, 2.05) is 25.0 Å². The Morgan fingerprint density at radius 3 is 2.65 bits per heavy atom. The van der Waals surface area contributed by atoms with Crippen molar-refractivity contribution in [2.24, 2.45) is 0 Å². The number of pyridine rings is 1. The molecule has 0 bridgehead atoms. The van der Waals surface area contributed by atoms with Gasteiger partial charge < -0.3 is 5.32 Å². The number of anilines is 1. The Bertz CT molecular complexity index is 480. The van der Waals surface area contributed by atoms with Crippen molar-refractivity contribution in [3.8, 4) is 0 Å². The van der Waals surface area contributed by atoms with Crippen molar-refractivity contribution in [2.45, 2.75) is 17.6 Å². The predicted molar refractivity (Wildman–Crippen MR) is 74.5 cm³/mol. The molecule has 2 rings (SSSR count). The van der Waals surface area contributed by atoms with Crippen LogP contribution in [0.3, 0.4) is 0 Å². The number of nitrogens with one attached hydrogen (secondary N) is 1. The van der Waals surface area contributed by atoms with Gasteiger partial charge >= 0.3 is 0 Å². The van der Waals surface area contributed by atoms with E-state index in [2.05, 4.69) is 53.6 Å². The van der Waals surface area contributed by atoms with Gasteiger partial charge in [-0.2, -0.15) is 0 Å². The second-order valence-electron chi connectivity index (χ2n) is 3.90. The molecule has 0 amide bonds. The van der Waals surface area contributed by atoms with Gasteiger partial charge in [-0.1, -0.05) is 17.7 Å². The highest BCUT2D eigenvalue weighted by Gasteiger charge is 1.98. The van der Waals surface area contributed by atoms with Gasteiger partial charge in [0.1, 0.15) is 5.82 Å². The van der Waals surface area contributed by atoms with E-state index in [9.17, 15) is 0 Å². The third-order valence-electron chi connectivity index (χ3n) is 2.51. The average molecular weight is 244 g/mol. The molecular formula is C14H16N2S. The van der Waals surface area contributed by atoms with Crippen LogP contribution in [-0.4, -0.2) is 12.0 Å². The van der Waals surface area contributed by atoms with E-state index in [1.165, 1.54) is 16.0 Å². The van der Waals surface area contributed by atoms with Crippen LogP contribution in [0.15, 0.2) is 47.5 Å². The van der Waals surface area contributed by atoms with Crippen molar-refractivity contribution in [1.82, 2.24) is 4.98 Å². The molecule has 0 radical (unpaired) electrons. The predicted octanol–water partition coefficient (Wildman–Crippen LogP) is 3.72. The highest BCUT2D eigenvalue weighted by Crippen LogP contribution is 2.23.